The number of fused-ring (bicyclic) bond motifs is 1. The van der Waals surface area contributed by atoms with Gasteiger partial charge in [0.25, 0.3) is 5.91 Å². The third kappa shape index (κ3) is 3.59. The number of carbonyl (C=O) groups is 1. The van der Waals surface area contributed by atoms with Crippen molar-refractivity contribution in [1.29, 1.82) is 0 Å². The third-order valence-electron chi connectivity index (χ3n) is 5.94. The summed E-state index contributed by atoms with van der Waals surface area (Å²) in [5, 5.41) is 6.86. The third-order valence-corrected chi connectivity index (χ3v) is 5.94. The zero-order valence-electron chi connectivity index (χ0n) is 16.4. The van der Waals surface area contributed by atoms with Gasteiger partial charge in [0.2, 0.25) is 5.82 Å². The maximum Gasteiger partial charge on any atom is 0.471 e. The Kier molecular flexibility index (Phi) is 4.77. The van der Waals surface area contributed by atoms with Crippen molar-refractivity contribution < 1.29 is 22.5 Å². The van der Waals surface area contributed by atoms with Gasteiger partial charge in [-0.15, -0.1) is 0 Å². The number of benzene rings is 2. The molecule has 1 amide bonds. The van der Waals surface area contributed by atoms with Gasteiger partial charge in [0, 0.05) is 36.2 Å². The topological polar surface area (TPSA) is 71.3 Å². The van der Waals surface area contributed by atoms with Crippen molar-refractivity contribution in [2.24, 2.45) is 0 Å². The molecule has 3 aromatic rings. The normalized spacial score (nSPS) is 21.4. The molecule has 1 saturated heterocycles. The molecule has 2 aliphatic heterocycles. The summed E-state index contributed by atoms with van der Waals surface area (Å²) in [6, 6.07) is 15.0. The van der Waals surface area contributed by atoms with Crippen LogP contribution < -0.4 is 5.32 Å². The number of halogens is 3. The van der Waals surface area contributed by atoms with Gasteiger partial charge in [-0.05, 0) is 36.2 Å². The van der Waals surface area contributed by atoms with Gasteiger partial charge in [0.15, 0.2) is 0 Å². The van der Waals surface area contributed by atoms with Gasteiger partial charge in [0.05, 0.1) is 0 Å². The number of hydrogen-bond donors (Lipinski definition) is 1. The van der Waals surface area contributed by atoms with Crippen LogP contribution in [0.5, 0.6) is 0 Å². The zero-order valence-corrected chi connectivity index (χ0v) is 16.4. The average Bonchev–Trinajstić information content (AvgIpc) is 3.40. The Hall–Kier alpha value is -3.20. The first-order valence-electron chi connectivity index (χ1n) is 10.0. The fourth-order valence-corrected chi connectivity index (χ4v) is 4.46. The maximum atomic E-state index is 13.2. The first-order chi connectivity index (χ1) is 14.9. The highest BCUT2D eigenvalue weighted by atomic mass is 19.4. The predicted octanol–water partition coefficient (Wildman–Crippen LogP) is 3.86. The number of amides is 1. The molecule has 0 unspecified atom stereocenters. The summed E-state index contributed by atoms with van der Waals surface area (Å²) in [7, 11) is 0. The van der Waals surface area contributed by atoms with Crippen molar-refractivity contribution >= 4 is 5.91 Å². The van der Waals surface area contributed by atoms with Crippen molar-refractivity contribution in [3.05, 3.63) is 71.1 Å². The lowest BCUT2D eigenvalue weighted by Gasteiger charge is -2.38. The van der Waals surface area contributed by atoms with Gasteiger partial charge >= 0.3 is 12.1 Å². The molecule has 160 valence electrons. The molecule has 1 fully saturated rings. The van der Waals surface area contributed by atoms with E-state index in [1.807, 2.05) is 23.1 Å². The molecule has 5 rings (SSSR count). The Morgan fingerprint density at radius 2 is 1.94 bits per heavy atom. The monoisotopic (exact) mass is 428 g/mol. The van der Waals surface area contributed by atoms with Gasteiger partial charge in [0.1, 0.15) is 0 Å². The highest BCUT2D eigenvalue weighted by Crippen LogP contribution is 2.36. The van der Waals surface area contributed by atoms with E-state index in [9.17, 15) is 18.0 Å². The Morgan fingerprint density at radius 3 is 2.68 bits per heavy atom. The van der Waals surface area contributed by atoms with Crippen molar-refractivity contribution in [2.45, 2.75) is 31.1 Å². The minimum absolute atomic E-state index is 0.0361. The fraction of sp³-hybridized carbons (Fsp3) is 0.318. The average molecular weight is 428 g/mol. The number of aromatic nitrogens is 2. The molecular formula is C22H19F3N4O2. The van der Waals surface area contributed by atoms with Crippen LogP contribution in [0.2, 0.25) is 0 Å². The number of carbonyl (C=O) groups excluding carboxylic acids is 1. The summed E-state index contributed by atoms with van der Waals surface area (Å²) in [4.78, 5) is 18.5. The molecule has 2 atom stereocenters. The van der Waals surface area contributed by atoms with E-state index in [2.05, 4.69) is 32.1 Å². The molecule has 0 radical (unpaired) electrons. The van der Waals surface area contributed by atoms with E-state index in [1.165, 1.54) is 5.56 Å². The number of alkyl halides is 3. The molecular weight excluding hydrogens is 409 g/mol. The lowest BCUT2D eigenvalue weighted by molar-refractivity contribution is -0.159. The smallest absolute Gasteiger partial charge is 0.331 e. The van der Waals surface area contributed by atoms with Gasteiger partial charge in [-0.1, -0.05) is 41.6 Å². The fourth-order valence-electron chi connectivity index (χ4n) is 4.46. The van der Waals surface area contributed by atoms with E-state index < -0.39 is 12.1 Å². The summed E-state index contributed by atoms with van der Waals surface area (Å²) in [5.74, 6) is -1.43. The Bertz CT molecular complexity index is 1110. The number of nitrogens with zero attached hydrogens (tertiary/aromatic N) is 3. The van der Waals surface area contributed by atoms with Gasteiger partial charge < -0.3 is 14.7 Å². The van der Waals surface area contributed by atoms with Crippen LogP contribution in [-0.4, -0.2) is 40.1 Å². The van der Waals surface area contributed by atoms with E-state index in [-0.39, 0.29) is 23.7 Å². The van der Waals surface area contributed by atoms with Crippen LogP contribution in [-0.2, 0) is 12.7 Å². The summed E-state index contributed by atoms with van der Waals surface area (Å²) < 4.78 is 42.6. The van der Waals surface area contributed by atoms with Crippen LogP contribution in [0.25, 0.3) is 11.4 Å². The molecule has 3 heterocycles. The standard InChI is InChI=1S/C22H19F3N4O2/c23-22(24,25)21-27-19(28-31-21)14-6-7-16-15(10-14)12-29(20(16)30)18-8-9-26-11-17(18)13-4-2-1-3-5-13/h1-7,10,17-18,26H,8-9,11-12H2/t17-,18-/m0/s1. The molecule has 1 aromatic heterocycles. The molecule has 0 bridgehead atoms. The van der Waals surface area contributed by atoms with E-state index in [1.54, 1.807) is 18.2 Å². The second-order valence-corrected chi connectivity index (χ2v) is 7.80. The zero-order chi connectivity index (χ0) is 21.6. The second kappa shape index (κ2) is 7.49. The van der Waals surface area contributed by atoms with Gasteiger partial charge in [-0.25, -0.2) is 0 Å². The highest BCUT2D eigenvalue weighted by Gasteiger charge is 2.40. The Balaban J connectivity index is 1.42. The van der Waals surface area contributed by atoms with Crippen molar-refractivity contribution in [3.63, 3.8) is 0 Å². The number of rotatable bonds is 3. The lowest BCUT2D eigenvalue weighted by atomic mass is 9.86. The summed E-state index contributed by atoms with van der Waals surface area (Å²) in [5.41, 5.74) is 2.88. The summed E-state index contributed by atoms with van der Waals surface area (Å²) in [6.45, 7) is 2.01. The van der Waals surface area contributed by atoms with Crippen LogP contribution in [0, 0.1) is 0 Å². The summed E-state index contributed by atoms with van der Waals surface area (Å²) >= 11 is 0. The van der Waals surface area contributed by atoms with Crippen LogP contribution in [0.3, 0.4) is 0 Å². The predicted molar refractivity (Wildman–Crippen MR) is 105 cm³/mol. The van der Waals surface area contributed by atoms with E-state index in [0.29, 0.717) is 17.7 Å². The van der Waals surface area contributed by atoms with Crippen LogP contribution in [0.4, 0.5) is 13.2 Å². The minimum Gasteiger partial charge on any atom is -0.331 e. The molecule has 31 heavy (non-hydrogen) atoms. The van der Waals surface area contributed by atoms with Crippen molar-refractivity contribution in [2.75, 3.05) is 13.1 Å². The number of piperidine rings is 1. The van der Waals surface area contributed by atoms with Gasteiger partial charge in [-0.2, -0.15) is 18.2 Å². The SMILES string of the molecule is O=C1c2ccc(-c3noc(C(F)(F)F)n3)cc2CN1[C@H]1CCNC[C@H]1c1ccccc1. The Labute approximate surface area is 176 Å². The van der Waals surface area contributed by atoms with Crippen LogP contribution >= 0.6 is 0 Å². The van der Waals surface area contributed by atoms with Crippen LogP contribution in [0.15, 0.2) is 53.1 Å². The molecule has 1 N–H and O–H groups in total. The second-order valence-electron chi connectivity index (χ2n) is 7.80. The number of nitrogens with one attached hydrogen (secondary N) is 1. The lowest BCUT2D eigenvalue weighted by Crippen LogP contribution is -2.48. The first-order valence-corrected chi connectivity index (χ1v) is 10.0. The molecule has 2 aliphatic rings. The quantitative estimate of drug-likeness (QED) is 0.686. The van der Waals surface area contributed by atoms with E-state index in [4.69, 9.17) is 0 Å². The maximum absolute atomic E-state index is 13.2. The van der Waals surface area contributed by atoms with Crippen molar-refractivity contribution in [1.82, 2.24) is 20.4 Å². The molecule has 0 spiro atoms. The van der Waals surface area contributed by atoms with Gasteiger partial charge in [-0.3, -0.25) is 4.79 Å². The van der Waals surface area contributed by atoms with E-state index in [0.717, 1.165) is 25.1 Å². The Morgan fingerprint density at radius 1 is 1.13 bits per heavy atom. The summed E-state index contributed by atoms with van der Waals surface area (Å²) in [6.07, 6.45) is -3.87. The largest absolute Gasteiger partial charge is 0.471 e. The molecule has 6 nitrogen and oxygen atoms in total. The molecule has 2 aromatic carbocycles. The minimum atomic E-state index is -4.70. The van der Waals surface area contributed by atoms with Crippen molar-refractivity contribution in [3.8, 4) is 11.4 Å². The first kappa shape index (κ1) is 19.7. The molecule has 9 heteroatoms. The molecule has 0 aliphatic carbocycles. The van der Waals surface area contributed by atoms with Crippen LogP contribution in [0.1, 0.15) is 39.7 Å². The highest BCUT2D eigenvalue weighted by molar-refractivity contribution is 5.99. The molecule has 0 saturated carbocycles. The number of hydrogen-bond acceptors (Lipinski definition) is 5. The van der Waals surface area contributed by atoms with E-state index >= 15 is 0 Å².